The van der Waals surface area contributed by atoms with E-state index >= 15 is 0 Å². The lowest BCUT2D eigenvalue weighted by atomic mass is 10.2. The van der Waals surface area contributed by atoms with Gasteiger partial charge in [0.25, 0.3) is 5.91 Å². The fourth-order valence-corrected chi connectivity index (χ4v) is 3.09. The molecule has 33 heavy (non-hydrogen) atoms. The molecule has 0 unspecified atom stereocenters. The van der Waals surface area contributed by atoms with E-state index in [9.17, 15) is 14.7 Å². The lowest BCUT2D eigenvalue weighted by Gasteiger charge is -2.35. The van der Waals surface area contributed by atoms with Gasteiger partial charge >= 0.3 is 6.03 Å². The molecule has 0 aromatic carbocycles. The average Bonchev–Trinajstić information content (AvgIpc) is 2.78. The molecule has 0 radical (unpaired) electrons. The lowest BCUT2D eigenvalue weighted by molar-refractivity contribution is 0.102. The fraction of sp³-hybridized carbons (Fsp3) is 0.238. The van der Waals surface area contributed by atoms with Gasteiger partial charge in [0.05, 0.1) is 47.3 Å². The van der Waals surface area contributed by atoms with Crippen LogP contribution in [-0.4, -0.2) is 62.7 Å². The van der Waals surface area contributed by atoms with Gasteiger partial charge in [-0.2, -0.15) is 0 Å². The van der Waals surface area contributed by atoms with Gasteiger partial charge in [-0.15, -0.1) is 0 Å². The van der Waals surface area contributed by atoms with Crippen LogP contribution in [0.4, 0.5) is 33.6 Å². The molecule has 1 aliphatic heterocycles. The number of nitrogens with zero attached hydrogens (tertiary/aromatic N) is 5. The second kappa shape index (κ2) is 9.87. The number of hydrogen-bond donors (Lipinski definition) is 5. The molecule has 3 aromatic heterocycles. The number of carbonyl (C=O) groups is 2. The maximum atomic E-state index is 13.0. The van der Waals surface area contributed by atoms with E-state index in [4.69, 9.17) is 0 Å². The van der Waals surface area contributed by atoms with Crippen LogP contribution in [0.5, 0.6) is 0 Å². The van der Waals surface area contributed by atoms with Crippen LogP contribution in [0.1, 0.15) is 17.3 Å². The number of aromatic nitrogens is 4. The van der Waals surface area contributed by atoms with Crippen LogP contribution < -0.4 is 26.2 Å². The van der Waals surface area contributed by atoms with Gasteiger partial charge in [0.15, 0.2) is 0 Å². The number of pyridine rings is 2. The van der Waals surface area contributed by atoms with Crippen molar-refractivity contribution in [3.05, 3.63) is 54.7 Å². The number of nitrogens with one attached hydrogen (secondary N) is 4. The van der Waals surface area contributed by atoms with Crippen molar-refractivity contribution >= 4 is 40.8 Å². The predicted octanol–water partition coefficient (Wildman–Crippen LogP) is 1.58. The molecule has 0 aliphatic carbocycles. The Bertz CT molecular complexity index is 1120. The summed E-state index contributed by atoms with van der Waals surface area (Å²) in [7, 11) is 0. The number of rotatable bonds is 7. The van der Waals surface area contributed by atoms with Crippen molar-refractivity contribution in [2.24, 2.45) is 0 Å². The maximum Gasteiger partial charge on any atom is 0.320 e. The van der Waals surface area contributed by atoms with Crippen LogP contribution in [0.2, 0.25) is 0 Å². The van der Waals surface area contributed by atoms with E-state index in [1.165, 1.54) is 18.6 Å². The molecule has 0 bridgehead atoms. The predicted molar refractivity (Wildman–Crippen MR) is 123 cm³/mol. The molecule has 3 amide bonds. The topological polar surface area (TPSA) is 157 Å². The summed E-state index contributed by atoms with van der Waals surface area (Å²) >= 11 is 0. The zero-order chi connectivity index (χ0) is 23.2. The Morgan fingerprint density at radius 1 is 1.09 bits per heavy atom. The van der Waals surface area contributed by atoms with E-state index in [0.29, 0.717) is 42.6 Å². The van der Waals surface area contributed by atoms with E-state index in [-0.39, 0.29) is 17.5 Å². The molecule has 0 saturated carbocycles. The first-order valence-corrected chi connectivity index (χ1v) is 10.3. The van der Waals surface area contributed by atoms with E-state index in [1.807, 2.05) is 4.90 Å². The van der Waals surface area contributed by atoms with Crippen LogP contribution in [0, 0.1) is 0 Å². The molecule has 0 spiro atoms. The highest BCUT2D eigenvalue weighted by molar-refractivity contribution is 6.08. The molecule has 4 heterocycles. The molecule has 12 nitrogen and oxygen atoms in total. The molecule has 4 rings (SSSR count). The number of aliphatic hydroxyl groups excluding tert-OH is 1. The number of urea groups is 1. The van der Waals surface area contributed by atoms with Crippen LogP contribution in [-0.2, 0) is 0 Å². The van der Waals surface area contributed by atoms with Gasteiger partial charge in [-0.25, -0.2) is 19.7 Å². The highest BCUT2D eigenvalue weighted by atomic mass is 16.3. The van der Waals surface area contributed by atoms with Gasteiger partial charge in [0.1, 0.15) is 5.82 Å². The Balaban J connectivity index is 1.53. The molecule has 5 N–H and O–H groups in total. The number of β-amino-alcohol motifs (C(OH)–C–C–N with tert-alkyl or cyclic N) is 1. The van der Waals surface area contributed by atoms with Crippen molar-refractivity contribution in [1.29, 1.82) is 0 Å². The summed E-state index contributed by atoms with van der Waals surface area (Å²) in [6, 6.07) is 4.71. The molecule has 1 fully saturated rings. The van der Waals surface area contributed by atoms with Gasteiger partial charge < -0.3 is 26.0 Å². The Morgan fingerprint density at radius 2 is 1.88 bits per heavy atom. The van der Waals surface area contributed by atoms with Crippen LogP contribution >= 0.6 is 0 Å². The SMILES string of the molecule is CCNC(=O)Nc1cc(Nc2cccnc2)c(C(=O)Nc2cnc(N3CC(O)C3)nc2)cn1. The minimum atomic E-state index is -0.436. The van der Waals surface area contributed by atoms with Crippen LogP contribution in [0.25, 0.3) is 0 Å². The molecule has 170 valence electrons. The summed E-state index contributed by atoms with van der Waals surface area (Å²) in [6.07, 6.45) is 7.24. The zero-order valence-corrected chi connectivity index (χ0v) is 17.8. The smallest absolute Gasteiger partial charge is 0.320 e. The standard InChI is InChI=1S/C21H23N9O3/c1-2-23-21(33)29-18-6-17(27-13-4-3-5-22-7-13)16(10-24-18)19(32)28-14-8-25-20(26-9-14)30-11-15(31)12-30/h3-10,15,31H,2,11-12H2,1H3,(H,28,32)(H3,23,24,27,29,33). The highest BCUT2D eigenvalue weighted by Gasteiger charge is 2.26. The largest absolute Gasteiger partial charge is 0.389 e. The molecule has 1 aliphatic rings. The van der Waals surface area contributed by atoms with Gasteiger partial charge in [-0.1, -0.05) is 0 Å². The fourth-order valence-electron chi connectivity index (χ4n) is 3.09. The Morgan fingerprint density at radius 3 is 2.55 bits per heavy atom. The molecule has 1 saturated heterocycles. The number of carbonyl (C=O) groups excluding carboxylic acids is 2. The zero-order valence-electron chi connectivity index (χ0n) is 17.8. The molecule has 12 heteroatoms. The van der Waals surface area contributed by atoms with Gasteiger partial charge in [0.2, 0.25) is 5.95 Å². The second-order valence-corrected chi connectivity index (χ2v) is 7.25. The van der Waals surface area contributed by atoms with E-state index in [0.717, 1.165) is 0 Å². The van der Waals surface area contributed by atoms with Gasteiger partial charge in [0, 0.05) is 38.1 Å². The summed E-state index contributed by atoms with van der Waals surface area (Å²) in [5.41, 5.74) is 1.73. The first-order chi connectivity index (χ1) is 16.0. The summed E-state index contributed by atoms with van der Waals surface area (Å²) in [6.45, 7) is 3.24. The summed E-state index contributed by atoms with van der Waals surface area (Å²) in [4.78, 5) is 43.4. The second-order valence-electron chi connectivity index (χ2n) is 7.25. The van der Waals surface area contributed by atoms with E-state index in [1.54, 1.807) is 37.5 Å². The minimum Gasteiger partial charge on any atom is -0.389 e. The molecular formula is C21H23N9O3. The van der Waals surface area contributed by atoms with Gasteiger partial charge in [-0.3, -0.25) is 15.1 Å². The highest BCUT2D eigenvalue weighted by Crippen LogP contribution is 2.24. The first-order valence-electron chi connectivity index (χ1n) is 10.3. The van der Waals surface area contributed by atoms with Crippen molar-refractivity contribution in [1.82, 2.24) is 25.3 Å². The average molecular weight is 449 g/mol. The van der Waals surface area contributed by atoms with E-state index in [2.05, 4.69) is 41.2 Å². The Labute approximate surface area is 189 Å². The Kier molecular flexibility index (Phi) is 6.55. The lowest BCUT2D eigenvalue weighted by Crippen LogP contribution is -2.51. The third-order valence-corrected chi connectivity index (χ3v) is 4.71. The monoisotopic (exact) mass is 449 g/mol. The van der Waals surface area contributed by atoms with Crippen LogP contribution in [0.3, 0.4) is 0 Å². The molecule has 3 aromatic rings. The maximum absolute atomic E-state index is 13.0. The van der Waals surface area contributed by atoms with Crippen molar-refractivity contribution in [2.45, 2.75) is 13.0 Å². The van der Waals surface area contributed by atoms with Crippen molar-refractivity contribution in [3.63, 3.8) is 0 Å². The summed E-state index contributed by atoms with van der Waals surface area (Å²) < 4.78 is 0. The quantitative estimate of drug-likeness (QED) is 0.361. The van der Waals surface area contributed by atoms with Crippen molar-refractivity contribution < 1.29 is 14.7 Å². The van der Waals surface area contributed by atoms with Gasteiger partial charge in [-0.05, 0) is 19.1 Å². The Hall–Kier alpha value is -4.32. The van der Waals surface area contributed by atoms with Crippen molar-refractivity contribution in [3.8, 4) is 0 Å². The number of amides is 3. The minimum absolute atomic E-state index is 0.246. The summed E-state index contributed by atoms with van der Waals surface area (Å²) in [5, 5.41) is 20.5. The summed E-state index contributed by atoms with van der Waals surface area (Å²) in [5.74, 6) is 0.321. The third-order valence-electron chi connectivity index (χ3n) is 4.71. The van der Waals surface area contributed by atoms with E-state index < -0.39 is 11.9 Å². The molecular weight excluding hydrogens is 426 g/mol. The first kappa shape index (κ1) is 21.9. The molecule has 0 atom stereocenters. The van der Waals surface area contributed by atoms with Crippen LogP contribution in [0.15, 0.2) is 49.2 Å². The number of aliphatic hydroxyl groups is 1. The number of anilines is 5. The number of hydrogen-bond acceptors (Lipinski definition) is 9. The normalized spacial score (nSPS) is 13.1. The third kappa shape index (κ3) is 5.49. The van der Waals surface area contributed by atoms with Crippen molar-refractivity contribution in [2.75, 3.05) is 40.5 Å².